The molecule has 0 fully saturated rings. The van der Waals surface area contributed by atoms with Crippen LogP contribution in [0.1, 0.15) is 20.2 Å². The zero-order valence-electron chi connectivity index (χ0n) is 19.2. The summed E-state index contributed by atoms with van der Waals surface area (Å²) in [5.74, 6) is -0.953. The van der Waals surface area contributed by atoms with Crippen LogP contribution in [0.25, 0.3) is 0 Å². The van der Waals surface area contributed by atoms with Gasteiger partial charge in [0, 0.05) is 30.6 Å². The van der Waals surface area contributed by atoms with Gasteiger partial charge in [-0.05, 0) is 48.5 Å². The quantitative estimate of drug-likeness (QED) is 0.458. The monoisotopic (exact) mass is 467 g/mol. The number of hydrogen-bond acceptors (Lipinski definition) is 4. The van der Waals surface area contributed by atoms with Crippen molar-refractivity contribution >= 4 is 34.9 Å². The van der Waals surface area contributed by atoms with E-state index >= 15 is 0 Å². The molecule has 7 nitrogen and oxygen atoms in total. The third-order valence-corrected chi connectivity index (χ3v) is 4.20. The lowest BCUT2D eigenvalue weighted by atomic mass is 10.2. The Morgan fingerprint density at radius 2 is 1.72 bits per heavy atom. The van der Waals surface area contributed by atoms with Crippen molar-refractivity contribution in [2.75, 3.05) is 17.7 Å². The van der Waals surface area contributed by atoms with Gasteiger partial charge in [-0.2, -0.15) is 13.2 Å². The highest BCUT2D eigenvalue weighted by atomic mass is 35.5. The molecule has 0 aliphatic heterocycles. The molecule has 0 unspecified atom stereocenters. The summed E-state index contributed by atoms with van der Waals surface area (Å²) in [6.45, 7) is 0. The molecule has 0 aliphatic rings. The first-order valence-corrected chi connectivity index (χ1v) is 9.21. The summed E-state index contributed by atoms with van der Waals surface area (Å²) in [5.41, 5.74) is -1.35. The van der Waals surface area contributed by atoms with Crippen LogP contribution in [-0.4, -0.2) is 24.0 Å². The summed E-state index contributed by atoms with van der Waals surface area (Å²) in [6.07, 6.45) is -5.24. The molecule has 32 heavy (non-hydrogen) atoms. The fourth-order valence-electron chi connectivity index (χ4n) is 2.42. The number of rotatable bonds is 5. The Morgan fingerprint density at radius 1 is 1.06 bits per heavy atom. The molecule has 0 radical (unpaired) electrons. The van der Waals surface area contributed by atoms with E-state index in [9.17, 15) is 22.8 Å². The van der Waals surface area contributed by atoms with E-state index in [2.05, 4.69) is 20.9 Å². The standard InChI is InChI=1S/C21H16ClF3N4O3/c1-26-19(30)18-11-15(8-9-27-18)32-14-5-2-12(3-6-14)28-20(31)29-13-4-7-17(22)16(10-13)21(23,24)25/h2-11H,1H3,(H,26,30)(H2,28,29,31)/i8D,9D,11D. The van der Waals surface area contributed by atoms with Crippen LogP contribution < -0.4 is 20.7 Å². The summed E-state index contributed by atoms with van der Waals surface area (Å²) >= 11 is 5.56. The van der Waals surface area contributed by atoms with Gasteiger partial charge in [-0.25, -0.2) is 4.79 Å². The van der Waals surface area contributed by atoms with Gasteiger partial charge in [0.2, 0.25) is 0 Å². The van der Waals surface area contributed by atoms with Crippen LogP contribution in [0, 0.1) is 0 Å². The van der Waals surface area contributed by atoms with E-state index in [1.54, 1.807) is 0 Å². The topological polar surface area (TPSA) is 92.3 Å². The average Bonchev–Trinajstić information content (AvgIpc) is 2.80. The minimum Gasteiger partial charge on any atom is -0.457 e. The number of nitrogens with one attached hydrogen (secondary N) is 3. The second-order valence-electron chi connectivity index (χ2n) is 6.13. The maximum absolute atomic E-state index is 13.0. The van der Waals surface area contributed by atoms with Gasteiger partial charge in [-0.15, -0.1) is 0 Å². The number of alkyl halides is 3. The third kappa shape index (κ3) is 5.88. The van der Waals surface area contributed by atoms with Gasteiger partial charge in [0.1, 0.15) is 17.2 Å². The van der Waals surface area contributed by atoms with Crippen molar-refractivity contribution < 1.29 is 31.6 Å². The molecule has 3 rings (SSSR count). The zero-order valence-corrected chi connectivity index (χ0v) is 17.0. The van der Waals surface area contributed by atoms with Crippen LogP contribution in [0.4, 0.5) is 29.3 Å². The van der Waals surface area contributed by atoms with Crippen LogP contribution >= 0.6 is 11.6 Å². The molecular weight excluding hydrogens is 449 g/mol. The SMILES string of the molecule is [2H]c1nc(C(=O)NC)c([2H])c(Oc2ccc(NC(=O)Nc3ccc(Cl)c(C(F)(F)F)c3)cc2)c1[2H]. The van der Waals surface area contributed by atoms with E-state index < -0.39 is 47.0 Å². The minimum atomic E-state index is -4.68. The lowest BCUT2D eigenvalue weighted by Gasteiger charge is -2.12. The number of halogens is 4. The van der Waals surface area contributed by atoms with Crippen LogP contribution in [0.5, 0.6) is 11.5 Å². The van der Waals surface area contributed by atoms with Gasteiger partial charge >= 0.3 is 12.2 Å². The maximum atomic E-state index is 13.0. The third-order valence-electron chi connectivity index (χ3n) is 3.87. The number of benzene rings is 2. The highest BCUT2D eigenvalue weighted by molar-refractivity contribution is 6.31. The molecular formula is C21H16ClF3N4O3. The van der Waals surface area contributed by atoms with Gasteiger partial charge in [0.05, 0.1) is 14.7 Å². The van der Waals surface area contributed by atoms with Gasteiger partial charge in [-0.1, -0.05) is 11.6 Å². The lowest BCUT2D eigenvalue weighted by molar-refractivity contribution is -0.137. The number of urea groups is 1. The molecule has 0 spiro atoms. The normalized spacial score (nSPS) is 12.2. The molecule has 3 N–H and O–H groups in total. The van der Waals surface area contributed by atoms with Crippen molar-refractivity contribution in [3.05, 3.63) is 77.0 Å². The van der Waals surface area contributed by atoms with E-state index in [4.69, 9.17) is 20.5 Å². The Kier molecular flexibility index (Phi) is 5.66. The number of anilines is 2. The molecule has 1 heterocycles. The summed E-state index contributed by atoms with van der Waals surface area (Å²) < 4.78 is 68.2. The summed E-state index contributed by atoms with van der Waals surface area (Å²) in [6, 6.07) is 6.69. The highest BCUT2D eigenvalue weighted by Gasteiger charge is 2.33. The van der Waals surface area contributed by atoms with Crippen molar-refractivity contribution in [3.63, 3.8) is 0 Å². The fourth-order valence-corrected chi connectivity index (χ4v) is 2.64. The molecule has 0 saturated carbocycles. The van der Waals surface area contributed by atoms with E-state index in [1.165, 1.54) is 37.4 Å². The number of aromatic nitrogens is 1. The van der Waals surface area contributed by atoms with Gasteiger partial charge < -0.3 is 20.7 Å². The first-order valence-electron chi connectivity index (χ1n) is 10.3. The molecule has 166 valence electrons. The number of carbonyl (C=O) groups is 2. The molecule has 0 saturated heterocycles. The van der Waals surface area contributed by atoms with Gasteiger partial charge in [-0.3, -0.25) is 9.78 Å². The van der Waals surface area contributed by atoms with Crippen molar-refractivity contribution in [2.24, 2.45) is 0 Å². The molecule has 3 amide bonds. The molecule has 0 aliphatic carbocycles. The summed E-state index contributed by atoms with van der Waals surface area (Å²) in [4.78, 5) is 27.7. The molecule has 1 aromatic heterocycles. The van der Waals surface area contributed by atoms with E-state index in [0.29, 0.717) is 6.07 Å². The van der Waals surface area contributed by atoms with Crippen LogP contribution in [0.3, 0.4) is 0 Å². The number of carbonyl (C=O) groups excluding carboxylic acids is 2. The maximum Gasteiger partial charge on any atom is 0.417 e. The summed E-state index contributed by atoms with van der Waals surface area (Å²) in [5, 5.41) is 6.49. The van der Waals surface area contributed by atoms with Crippen LogP contribution in [-0.2, 0) is 6.18 Å². The van der Waals surface area contributed by atoms with Crippen molar-refractivity contribution in [1.82, 2.24) is 10.3 Å². The van der Waals surface area contributed by atoms with Crippen molar-refractivity contribution in [1.29, 1.82) is 0 Å². The second-order valence-corrected chi connectivity index (χ2v) is 6.54. The summed E-state index contributed by atoms with van der Waals surface area (Å²) in [7, 11) is 1.33. The smallest absolute Gasteiger partial charge is 0.417 e. The Hall–Kier alpha value is -3.79. The molecule has 0 bridgehead atoms. The molecule has 2 aromatic carbocycles. The minimum absolute atomic E-state index is 0.124. The second kappa shape index (κ2) is 9.56. The van der Waals surface area contributed by atoms with Gasteiger partial charge in [0.25, 0.3) is 5.91 Å². The Labute approximate surface area is 189 Å². The largest absolute Gasteiger partial charge is 0.457 e. The number of amides is 3. The fraction of sp³-hybridized carbons (Fsp3) is 0.0952. The number of hydrogen-bond donors (Lipinski definition) is 3. The van der Waals surface area contributed by atoms with E-state index in [1.807, 2.05) is 0 Å². The predicted molar refractivity (Wildman–Crippen MR) is 113 cm³/mol. The average molecular weight is 468 g/mol. The first kappa shape index (κ1) is 18.9. The van der Waals surface area contributed by atoms with Crippen molar-refractivity contribution in [2.45, 2.75) is 6.18 Å². The van der Waals surface area contributed by atoms with Crippen molar-refractivity contribution in [3.8, 4) is 11.5 Å². The first-order chi connectivity index (χ1) is 16.4. The number of nitrogens with zero attached hydrogens (tertiary/aromatic N) is 1. The highest BCUT2D eigenvalue weighted by Crippen LogP contribution is 2.36. The van der Waals surface area contributed by atoms with Gasteiger partial charge in [0.15, 0.2) is 0 Å². The Balaban J connectivity index is 1.72. The predicted octanol–water partition coefficient (Wildman–Crippen LogP) is 5.55. The van der Waals surface area contributed by atoms with Crippen LogP contribution in [0.15, 0.2) is 60.7 Å². The molecule has 3 aromatic rings. The van der Waals surface area contributed by atoms with E-state index in [-0.39, 0.29) is 28.6 Å². The van der Waals surface area contributed by atoms with E-state index in [0.717, 1.165) is 6.07 Å². The lowest BCUT2D eigenvalue weighted by Crippen LogP contribution is -2.19. The number of ether oxygens (including phenoxy) is 1. The Bertz CT molecular complexity index is 1290. The molecule has 0 atom stereocenters. The van der Waals surface area contributed by atoms with Crippen LogP contribution in [0.2, 0.25) is 5.02 Å². The Morgan fingerprint density at radius 3 is 2.38 bits per heavy atom. The zero-order chi connectivity index (χ0) is 25.9. The molecule has 11 heteroatoms. The number of pyridine rings is 1.